The van der Waals surface area contributed by atoms with Crippen molar-refractivity contribution in [1.82, 2.24) is 0 Å². The zero-order valence-corrected chi connectivity index (χ0v) is 12.6. The highest BCUT2D eigenvalue weighted by Crippen LogP contribution is 2.23. The number of aromatic hydroxyl groups is 1. The zero-order chi connectivity index (χ0) is 16.1. The number of aliphatic hydroxyl groups is 1. The first-order valence-electron chi connectivity index (χ1n) is 7.47. The van der Waals surface area contributed by atoms with Crippen molar-refractivity contribution in [3.05, 3.63) is 84.4 Å². The summed E-state index contributed by atoms with van der Waals surface area (Å²) in [5, 5.41) is 19.5. The summed E-state index contributed by atoms with van der Waals surface area (Å²) in [4.78, 5) is 0. The van der Waals surface area contributed by atoms with Gasteiger partial charge < -0.3 is 14.9 Å². The van der Waals surface area contributed by atoms with E-state index in [-0.39, 0.29) is 12.4 Å². The fourth-order valence-corrected chi connectivity index (χ4v) is 2.34. The van der Waals surface area contributed by atoms with E-state index in [2.05, 4.69) is 12.1 Å². The van der Waals surface area contributed by atoms with Crippen LogP contribution in [-0.4, -0.2) is 16.8 Å². The van der Waals surface area contributed by atoms with Crippen molar-refractivity contribution in [2.75, 3.05) is 6.61 Å². The Morgan fingerprint density at radius 3 is 2.00 bits per heavy atom. The highest BCUT2D eigenvalue weighted by Gasteiger charge is 2.09. The van der Waals surface area contributed by atoms with Crippen molar-refractivity contribution < 1.29 is 14.9 Å². The lowest BCUT2D eigenvalue weighted by molar-refractivity contribution is 0.108. The first-order chi connectivity index (χ1) is 11.2. The number of hydrogen-bond acceptors (Lipinski definition) is 3. The van der Waals surface area contributed by atoms with Gasteiger partial charge in [0.25, 0.3) is 0 Å². The van der Waals surface area contributed by atoms with E-state index >= 15 is 0 Å². The number of hydrogen-bond donors (Lipinski definition) is 2. The van der Waals surface area contributed by atoms with E-state index in [1.807, 2.05) is 42.5 Å². The van der Waals surface area contributed by atoms with Gasteiger partial charge in [-0.05, 0) is 41.0 Å². The van der Waals surface area contributed by atoms with Gasteiger partial charge in [0, 0.05) is 0 Å². The average molecular weight is 306 g/mol. The number of ether oxygens (including phenoxy) is 1. The van der Waals surface area contributed by atoms with Crippen LogP contribution in [0.2, 0.25) is 0 Å². The van der Waals surface area contributed by atoms with E-state index in [0.717, 1.165) is 16.7 Å². The smallest absolute Gasteiger partial charge is 0.119 e. The maximum atomic E-state index is 10.2. The van der Waals surface area contributed by atoms with Gasteiger partial charge in [-0.2, -0.15) is 0 Å². The molecule has 3 rings (SSSR count). The Hall–Kier alpha value is -2.78. The molecule has 3 aromatic rings. The van der Waals surface area contributed by atoms with Crippen LogP contribution in [0, 0.1) is 0 Å². The van der Waals surface area contributed by atoms with Crippen LogP contribution in [0.15, 0.2) is 78.9 Å². The summed E-state index contributed by atoms with van der Waals surface area (Å²) >= 11 is 0. The van der Waals surface area contributed by atoms with Gasteiger partial charge in [-0.3, -0.25) is 0 Å². The summed E-state index contributed by atoms with van der Waals surface area (Å²) in [5.41, 5.74) is 3.07. The average Bonchev–Trinajstić information content (AvgIpc) is 2.62. The maximum Gasteiger partial charge on any atom is 0.119 e. The fraction of sp³-hybridized carbons (Fsp3) is 0.100. The molecule has 0 bridgehead atoms. The molecule has 0 saturated heterocycles. The minimum absolute atomic E-state index is 0.162. The fourth-order valence-electron chi connectivity index (χ4n) is 2.34. The number of rotatable bonds is 5. The molecular weight excluding hydrogens is 288 g/mol. The molecule has 3 nitrogen and oxygen atoms in total. The molecule has 0 radical (unpaired) electrons. The quantitative estimate of drug-likeness (QED) is 0.743. The summed E-state index contributed by atoms with van der Waals surface area (Å²) < 4.78 is 5.53. The van der Waals surface area contributed by atoms with E-state index in [1.54, 1.807) is 24.3 Å². The van der Waals surface area contributed by atoms with Crippen molar-refractivity contribution in [3.8, 4) is 22.6 Å². The molecule has 0 aliphatic carbocycles. The normalized spacial score (nSPS) is 11.9. The first kappa shape index (κ1) is 15.1. The molecule has 1 atom stereocenters. The molecule has 23 heavy (non-hydrogen) atoms. The highest BCUT2D eigenvalue weighted by molar-refractivity contribution is 5.63. The predicted octanol–water partition coefficient (Wildman–Crippen LogP) is 4.17. The standard InChI is InChI=1S/C20H18O3/c21-18-10-12-19(13-11-18)23-14-20(22)17-8-6-16(7-9-17)15-4-2-1-3-5-15/h1-13,20-22H,14H2. The van der Waals surface area contributed by atoms with Crippen LogP contribution in [0.25, 0.3) is 11.1 Å². The van der Waals surface area contributed by atoms with Crippen molar-refractivity contribution in [2.45, 2.75) is 6.10 Å². The number of benzene rings is 3. The number of phenolic OH excluding ortho intramolecular Hbond substituents is 1. The molecule has 0 heterocycles. The van der Waals surface area contributed by atoms with E-state index in [4.69, 9.17) is 4.74 Å². The number of phenols is 1. The minimum Gasteiger partial charge on any atom is -0.508 e. The van der Waals surface area contributed by atoms with Crippen LogP contribution >= 0.6 is 0 Å². The Bertz CT molecular complexity index is 734. The monoisotopic (exact) mass is 306 g/mol. The van der Waals surface area contributed by atoms with Crippen LogP contribution < -0.4 is 4.74 Å². The van der Waals surface area contributed by atoms with E-state index in [0.29, 0.717) is 5.75 Å². The number of aliphatic hydroxyl groups excluding tert-OH is 1. The lowest BCUT2D eigenvalue weighted by atomic mass is 10.0. The molecule has 0 saturated carbocycles. The van der Waals surface area contributed by atoms with Gasteiger partial charge >= 0.3 is 0 Å². The molecule has 116 valence electrons. The maximum absolute atomic E-state index is 10.2. The lowest BCUT2D eigenvalue weighted by Crippen LogP contribution is -2.09. The Balaban J connectivity index is 1.63. The second-order valence-corrected chi connectivity index (χ2v) is 5.31. The minimum atomic E-state index is -0.700. The Kier molecular flexibility index (Phi) is 4.60. The molecule has 3 heteroatoms. The van der Waals surface area contributed by atoms with Crippen LogP contribution in [0.4, 0.5) is 0 Å². The molecule has 0 spiro atoms. The van der Waals surface area contributed by atoms with Gasteiger partial charge in [-0.25, -0.2) is 0 Å². The molecule has 1 unspecified atom stereocenters. The van der Waals surface area contributed by atoms with Crippen molar-refractivity contribution >= 4 is 0 Å². The van der Waals surface area contributed by atoms with Crippen molar-refractivity contribution in [3.63, 3.8) is 0 Å². The van der Waals surface area contributed by atoms with Gasteiger partial charge in [0.05, 0.1) is 0 Å². The van der Waals surface area contributed by atoms with Gasteiger partial charge in [0.1, 0.15) is 24.2 Å². The first-order valence-corrected chi connectivity index (χ1v) is 7.47. The third-order valence-electron chi connectivity index (χ3n) is 3.65. The van der Waals surface area contributed by atoms with E-state index < -0.39 is 6.10 Å². The van der Waals surface area contributed by atoms with Crippen molar-refractivity contribution in [1.29, 1.82) is 0 Å². The molecule has 2 N–H and O–H groups in total. The van der Waals surface area contributed by atoms with Crippen LogP contribution in [0.5, 0.6) is 11.5 Å². The summed E-state index contributed by atoms with van der Waals surface area (Å²) in [6.45, 7) is 0.162. The van der Waals surface area contributed by atoms with Gasteiger partial charge in [-0.15, -0.1) is 0 Å². The lowest BCUT2D eigenvalue weighted by Gasteiger charge is -2.13. The molecule has 0 aliphatic heterocycles. The van der Waals surface area contributed by atoms with Gasteiger partial charge in [0.15, 0.2) is 0 Å². The third-order valence-corrected chi connectivity index (χ3v) is 3.65. The van der Waals surface area contributed by atoms with E-state index in [1.165, 1.54) is 0 Å². The SMILES string of the molecule is Oc1ccc(OCC(O)c2ccc(-c3ccccc3)cc2)cc1. The summed E-state index contributed by atoms with van der Waals surface area (Å²) in [5.74, 6) is 0.803. The third kappa shape index (κ3) is 3.90. The second-order valence-electron chi connectivity index (χ2n) is 5.31. The predicted molar refractivity (Wildman–Crippen MR) is 90.4 cm³/mol. The molecule has 0 amide bonds. The molecular formula is C20H18O3. The Morgan fingerprint density at radius 1 is 0.739 bits per heavy atom. The molecule has 0 aliphatic rings. The molecule has 0 fully saturated rings. The Labute approximate surface area is 135 Å². The van der Waals surface area contributed by atoms with Crippen LogP contribution in [0.1, 0.15) is 11.7 Å². The summed E-state index contributed by atoms with van der Waals surface area (Å²) in [6.07, 6.45) is -0.700. The highest BCUT2D eigenvalue weighted by atomic mass is 16.5. The second kappa shape index (κ2) is 6.99. The molecule has 0 aromatic heterocycles. The van der Waals surface area contributed by atoms with Gasteiger partial charge in [0.2, 0.25) is 0 Å². The van der Waals surface area contributed by atoms with Crippen LogP contribution in [-0.2, 0) is 0 Å². The summed E-state index contributed by atoms with van der Waals surface area (Å²) in [7, 11) is 0. The zero-order valence-electron chi connectivity index (χ0n) is 12.6. The Morgan fingerprint density at radius 2 is 1.35 bits per heavy atom. The van der Waals surface area contributed by atoms with Crippen molar-refractivity contribution in [2.24, 2.45) is 0 Å². The van der Waals surface area contributed by atoms with Crippen LogP contribution in [0.3, 0.4) is 0 Å². The van der Waals surface area contributed by atoms with E-state index in [9.17, 15) is 10.2 Å². The topological polar surface area (TPSA) is 49.7 Å². The largest absolute Gasteiger partial charge is 0.508 e. The van der Waals surface area contributed by atoms with Gasteiger partial charge in [-0.1, -0.05) is 54.6 Å². The molecule has 3 aromatic carbocycles. The summed E-state index contributed by atoms with van der Waals surface area (Å²) in [6, 6.07) is 24.4.